The fourth-order valence-electron chi connectivity index (χ4n) is 9.50. The lowest BCUT2D eigenvalue weighted by Gasteiger charge is -2.38. The number of hydrogen-bond donors (Lipinski definition) is 0. The Balaban J connectivity index is 0.000000201. The third-order valence-corrected chi connectivity index (χ3v) is 16.9. The third kappa shape index (κ3) is 17.1. The Morgan fingerprint density at radius 3 is 0.744 bits per heavy atom. The van der Waals surface area contributed by atoms with Crippen molar-refractivity contribution >= 4 is 5.78 Å². The van der Waals surface area contributed by atoms with Crippen LogP contribution in [0.4, 0.5) is 26.3 Å². The van der Waals surface area contributed by atoms with E-state index in [0.717, 1.165) is 58.0 Å². The number of carbonyl (C=O) groups is 1. The van der Waals surface area contributed by atoms with Crippen molar-refractivity contribution in [2.75, 3.05) is 0 Å². The molecule has 0 unspecified atom stereocenters. The van der Waals surface area contributed by atoms with Gasteiger partial charge in [0.2, 0.25) is 5.41 Å². The van der Waals surface area contributed by atoms with Gasteiger partial charge < -0.3 is 4.74 Å². The number of hydrogen-bond acceptors (Lipinski definition) is 2. The van der Waals surface area contributed by atoms with Gasteiger partial charge in [-0.2, -0.15) is 26.3 Å². The number of benzene rings is 9. The Hall–Kier alpha value is -7.97. The molecule has 86 heavy (non-hydrogen) atoms. The predicted molar refractivity (Wildman–Crippen MR) is 348 cm³/mol. The Labute approximate surface area is 509 Å². The molecule has 0 spiro atoms. The van der Waals surface area contributed by atoms with Crippen LogP contribution >= 0.6 is 0 Å². The van der Waals surface area contributed by atoms with Gasteiger partial charge in [0.25, 0.3) is 0 Å². The van der Waals surface area contributed by atoms with Gasteiger partial charge in [0, 0.05) is 11.1 Å². The lowest BCUT2D eigenvalue weighted by atomic mass is 9.71. The maximum Gasteiger partial charge on any atom is 0.411 e. The molecule has 0 aromatic heterocycles. The minimum Gasteiger partial charge on any atom is -0.457 e. The van der Waals surface area contributed by atoms with Gasteiger partial charge in [0.15, 0.2) is 5.78 Å². The van der Waals surface area contributed by atoms with Crippen LogP contribution in [-0.2, 0) is 5.41 Å². The number of rotatable bonds is 7. The van der Waals surface area contributed by atoms with Crippen molar-refractivity contribution in [3.63, 3.8) is 0 Å². The number of ether oxygens (including phenoxy) is 1. The summed E-state index contributed by atoms with van der Waals surface area (Å²) in [6.07, 6.45) is -11.1. The summed E-state index contributed by atoms with van der Waals surface area (Å²) >= 11 is 0. The molecule has 0 amide bonds. The molecule has 0 bridgehead atoms. The summed E-state index contributed by atoms with van der Waals surface area (Å²) in [5, 5.41) is 0. The Bertz CT molecular complexity index is 3580. The van der Waals surface area contributed by atoms with E-state index in [-0.39, 0.29) is 5.78 Å². The zero-order valence-corrected chi connectivity index (χ0v) is 54.1. The molecule has 9 aromatic carbocycles. The molecule has 9 rings (SSSR count). The topological polar surface area (TPSA) is 26.3 Å². The van der Waals surface area contributed by atoms with E-state index in [4.69, 9.17) is 4.74 Å². The molecule has 0 saturated heterocycles. The van der Waals surface area contributed by atoms with Crippen LogP contribution in [0.3, 0.4) is 0 Å². The average molecular weight is 1170 g/mol. The molecule has 2 nitrogen and oxygen atoms in total. The van der Waals surface area contributed by atoms with Crippen molar-refractivity contribution in [1.82, 2.24) is 0 Å². The van der Waals surface area contributed by atoms with Crippen molar-refractivity contribution in [3.05, 3.63) is 291 Å². The molecule has 0 aliphatic carbocycles. The van der Waals surface area contributed by atoms with Crippen LogP contribution in [0.2, 0.25) is 0 Å². The molecular weight excluding hydrogens is 1080 g/mol. The number of alkyl halides is 6. The van der Waals surface area contributed by atoms with Crippen LogP contribution in [0.1, 0.15) is 138 Å². The number of aryl methyl sites for hydroxylation is 20. The maximum absolute atomic E-state index is 14.0. The van der Waals surface area contributed by atoms with Crippen LogP contribution in [0.15, 0.2) is 158 Å². The zero-order chi connectivity index (χ0) is 64.3. The fraction of sp³-hybridized carbons (Fsp3) is 0.295. The van der Waals surface area contributed by atoms with Crippen molar-refractivity contribution < 1.29 is 35.9 Å². The largest absolute Gasteiger partial charge is 0.457 e. The van der Waals surface area contributed by atoms with Gasteiger partial charge in [0.1, 0.15) is 11.5 Å². The van der Waals surface area contributed by atoms with Crippen LogP contribution in [-0.4, -0.2) is 18.1 Å². The summed E-state index contributed by atoms with van der Waals surface area (Å²) in [5.41, 5.74) is 21.3. The number of ketones is 1. The molecule has 0 radical (unpaired) electrons. The minimum atomic E-state index is -5.55. The monoisotopic (exact) mass is 1170 g/mol. The Morgan fingerprint density at radius 1 is 0.256 bits per heavy atom. The smallest absolute Gasteiger partial charge is 0.411 e. The molecule has 8 heteroatoms. The van der Waals surface area contributed by atoms with Crippen LogP contribution in [0.25, 0.3) is 11.1 Å². The number of carbonyl (C=O) groups excluding carboxylic acids is 1. The third-order valence-electron chi connectivity index (χ3n) is 16.9. The van der Waals surface area contributed by atoms with E-state index in [2.05, 4.69) is 170 Å². The van der Waals surface area contributed by atoms with Gasteiger partial charge in [-0.05, 0) is 308 Å². The maximum atomic E-state index is 14.0. The van der Waals surface area contributed by atoms with E-state index >= 15 is 0 Å². The first-order chi connectivity index (χ1) is 40.0. The summed E-state index contributed by atoms with van der Waals surface area (Å²) in [4.78, 5) is 12.4. The number of halogens is 6. The Kier molecular flexibility index (Phi) is 23.2. The van der Waals surface area contributed by atoms with Gasteiger partial charge >= 0.3 is 12.4 Å². The second-order valence-electron chi connectivity index (χ2n) is 23.5. The second kappa shape index (κ2) is 28.9. The highest BCUT2D eigenvalue weighted by Crippen LogP contribution is 2.56. The van der Waals surface area contributed by atoms with Crippen molar-refractivity contribution in [1.29, 1.82) is 0 Å². The zero-order valence-electron chi connectivity index (χ0n) is 54.1. The highest BCUT2D eigenvalue weighted by molar-refractivity contribution is 6.09. The van der Waals surface area contributed by atoms with E-state index in [1.807, 2.05) is 62.4 Å². The molecule has 0 fully saturated rings. The highest BCUT2D eigenvalue weighted by Gasteiger charge is 2.72. The summed E-state index contributed by atoms with van der Waals surface area (Å²) in [5.74, 6) is 1.90. The van der Waals surface area contributed by atoms with Crippen molar-refractivity contribution in [3.8, 4) is 22.6 Å². The molecule has 0 aliphatic rings. The molecule has 0 saturated carbocycles. The average Bonchev–Trinajstić information content (AvgIpc) is 0.729. The first-order valence-corrected chi connectivity index (χ1v) is 29.1. The first-order valence-electron chi connectivity index (χ1n) is 29.1. The second-order valence-corrected chi connectivity index (χ2v) is 23.5. The SMILES string of the molecule is Cc1cc(C)c(C)cc1C.Cc1ccc(-c2ccc(C)c(C)c2)cc1C.Cc1ccc(C(=O)c2ccc(C)c(C)c2)cc1C.Cc1ccc(C(c2ccc(C)c(C)c2)(C(F)(F)F)C(F)(F)F)cc1C.Cc1ccc(Oc2ccc(C)c(C)c2)cc1C. The van der Waals surface area contributed by atoms with E-state index < -0.39 is 28.9 Å². The molecule has 0 aliphatic heterocycles. The van der Waals surface area contributed by atoms with Gasteiger partial charge in [-0.25, -0.2) is 0 Å². The summed E-state index contributed by atoms with van der Waals surface area (Å²) in [6.45, 7) is 40.1. The van der Waals surface area contributed by atoms with Gasteiger partial charge in [-0.1, -0.05) is 121 Å². The summed E-state index contributed by atoms with van der Waals surface area (Å²) in [7, 11) is 0. The summed E-state index contributed by atoms with van der Waals surface area (Å²) < 4.78 is 89.8. The van der Waals surface area contributed by atoms with E-state index in [9.17, 15) is 31.1 Å². The lowest BCUT2D eigenvalue weighted by molar-refractivity contribution is -0.288. The summed E-state index contributed by atoms with van der Waals surface area (Å²) in [6, 6.07) is 48.3. The standard InChI is InChI=1S/C19H18F6.C17H18O.C16H18O.C16H18.C10H14/c1-11-5-7-15(9-13(11)3)17(18(20,21)22,19(23,24)25)16-8-6-12(2)14(4)10-16;1-11-5-7-15(9-13(11)3)17(18)16-8-6-12(2)14(4)10-16;1-11-5-7-15(9-13(11)3)17-16-8-6-12(2)14(4)10-16;1-11-5-7-15(9-13(11)3)16-8-6-12(2)14(4)10-16;1-7-5-9(3)10(4)6-8(7)2/h5-10H,1-4H3;5-10H,1-4H3;5-10H,1-4H3;5-10H,1-4H3;5-6H,1-4H3. The first kappa shape index (κ1) is 68.8. The molecule has 9 aromatic rings. The van der Waals surface area contributed by atoms with Crippen LogP contribution in [0.5, 0.6) is 11.5 Å². The fourth-order valence-corrected chi connectivity index (χ4v) is 9.50. The molecule has 452 valence electrons. The molecular formula is C78H86F6O2. The molecule has 0 N–H and O–H groups in total. The molecule has 0 heterocycles. The van der Waals surface area contributed by atoms with Gasteiger partial charge in [-0.3, -0.25) is 4.79 Å². The normalized spacial score (nSPS) is 11.2. The van der Waals surface area contributed by atoms with Crippen LogP contribution < -0.4 is 4.74 Å². The van der Waals surface area contributed by atoms with E-state index in [0.29, 0.717) is 22.3 Å². The minimum absolute atomic E-state index is 0.0983. The van der Waals surface area contributed by atoms with Gasteiger partial charge in [-0.15, -0.1) is 0 Å². The highest BCUT2D eigenvalue weighted by atomic mass is 19.4. The van der Waals surface area contributed by atoms with E-state index in [1.165, 1.54) is 115 Å². The van der Waals surface area contributed by atoms with Crippen molar-refractivity contribution in [2.45, 2.75) is 156 Å². The van der Waals surface area contributed by atoms with Crippen molar-refractivity contribution in [2.24, 2.45) is 0 Å². The predicted octanol–water partition coefficient (Wildman–Crippen LogP) is 22.7. The lowest BCUT2D eigenvalue weighted by Crippen LogP contribution is -2.54. The van der Waals surface area contributed by atoms with E-state index in [1.54, 1.807) is 13.8 Å². The quantitative estimate of drug-likeness (QED) is 0.117. The molecule has 0 atom stereocenters. The van der Waals surface area contributed by atoms with Crippen LogP contribution in [0, 0.1) is 138 Å². The van der Waals surface area contributed by atoms with Gasteiger partial charge in [0.05, 0.1) is 0 Å². The Morgan fingerprint density at radius 2 is 0.488 bits per heavy atom.